The SMILES string of the molecule is C[C@H](NC(=O)/C=C/c1cnn(C)c1)c1cccs1. The minimum Gasteiger partial charge on any atom is -0.345 e. The lowest BCUT2D eigenvalue weighted by Gasteiger charge is -2.09. The van der Waals surface area contributed by atoms with Crippen LogP contribution in [0.15, 0.2) is 36.0 Å². The molecule has 2 aromatic heterocycles. The van der Waals surface area contributed by atoms with E-state index in [1.807, 2.05) is 37.7 Å². The summed E-state index contributed by atoms with van der Waals surface area (Å²) >= 11 is 1.64. The van der Waals surface area contributed by atoms with Gasteiger partial charge in [-0.3, -0.25) is 9.48 Å². The maximum Gasteiger partial charge on any atom is 0.244 e. The largest absolute Gasteiger partial charge is 0.345 e. The van der Waals surface area contributed by atoms with Crippen molar-refractivity contribution in [2.24, 2.45) is 7.05 Å². The van der Waals surface area contributed by atoms with Crippen LogP contribution in [0.4, 0.5) is 0 Å². The summed E-state index contributed by atoms with van der Waals surface area (Å²) in [4.78, 5) is 12.9. The number of hydrogen-bond acceptors (Lipinski definition) is 3. The molecule has 0 aliphatic carbocycles. The summed E-state index contributed by atoms with van der Waals surface area (Å²) < 4.78 is 1.70. The van der Waals surface area contributed by atoms with Gasteiger partial charge in [0.05, 0.1) is 12.2 Å². The van der Waals surface area contributed by atoms with E-state index >= 15 is 0 Å². The van der Waals surface area contributed by atoms with Crippen LogP contribution in [-0.2, 0) is 11.8 Å². The Morgan fingerprint density at radius 3 is 3.06 bits per heavy atom. The molecule has 0 fully saturated rings. The van der Waals surface area contributed by atoms with Crippen LogP contribution < -0.4 is 5.32 Å². The highest BCUT2D eigenvalue weighted by Gasteiger charge is 2.07. The second-order valence-electron chi connectivity index (χ2n) is 4.03. The van der Waals surface area contributed by atoms with E-state index in [1.165, 1.54) is 6.08 Å². The molecule has 1 amide bonds. The average Bonchev–Trinajstić information content (AvgIpc) is 2.97. The van der Waals surface area contributed by atoms with E-state index in [2.05, 4.69) is 10.4 Å². The fraction of sp³-hybridized carbons (Fsp3) is 0.231. The molecule has 94 valence electrons. The van der Waals surface area contributed by atoms with Gasteiger partial charge in [0.2, 0.25) is 5.91 Å². The van der Waals surface area contributed by atoms with Gasteiger partial charge in [0.1, 0.15) is 0 Å². The van der Waals surface area contributed by atoms with E-state index in [0.717, 1.165) is 10.4 Å². The Labute approximate surface area is 110 Å². The predicted molar refractivity (Wildman–Crippen MR) is 73.1 cm³/mol. The summed E-state index contributed by atoms with van der Waals surface area (Å²) in [5.74, 6) is -0.0975. The molecule has 0 saturated heterocycles. The van der Waals surface area contributed by atoms with Gasteiger partial charge < -0.3 is 5.32 Å². The first-order valence-electron chi connectivity index (χ1n) is 5.66. The molecule has 2 heterocycles. The quantitative estimate of drug-likeness (QED) is 0.859. The van der Waals surface area contributed by atoms with Crippen molar-refractivity contribution in [3.05, 3.63) is 46.4 Å². The number of nitrogens with one attached hydrogen (secondary N) is 1. The van der Waals surface area contributed by atoms with E-state index in [9.17, 15) is 4.79 Å². The highest BCUT2D eigenvalue weighted by Crippen LogP contribution is 2.17. The lowest BCUT2D eigenvalue weighted by molar-refractivity contribution is -0.117. The summed E-state index contributed by atoms with van der Waals surface area (Å²) in [6, 6.07) is 4.03. The second kappa shape index (κ2) is 5.64. The molecular weight excluding hydrogens is 246 g/mol. The Hall–Kier alpha value is -1.88. The van der Waals surface area contributed by atoms with Crippen LogP contribution in [0.1, 0.15) is 23.4 Å². The summed E-state index contributed by atoms with van der Waals surface area (Å²) in [6.07, 6.45) is 6.85. The summed E-state index contributed by atoms with van der Waals surface area (Å²) in [6.45, 7) is 1.97. The lowest BCUT2D eigenvalue weighted by atomic mass is 10.2. The van der Waals surface area contributed by atoms with Crippen LogP contribution in [0.2, 0.25) is 0 Å². The monoisotopic (exact) mass is 261 g/mol. The molecule has 0 spiro atoms. The number of carbonyl (C=O) groups excluding carboxylic acids is 1. The van der Waals surface area contributed by atoms with Gasteiger partial charge in [0, 0.05) is 29.8 Å². The van der Waals surface area contributed by atoms with Crippen LogP contribution in [0.5, 0.6) is 0 Å². The summed E-state index contributed by atoms with van der Waals surface area (Å²) in [5.41, 5.74) is 0.913. The molecule has 0 unspecified atom stereocenters. The smallest absolute Gasteiger partial charge is 0.244 e. The number of thiophene rings is 1. The van der Waals surface area contributed by atoms with Gasteiger partial charge in [0.15, 0.2) is 0 Å². The number of carbonyl (C=O) groups is 1. The zero-order valence-corrected chi connectivity index (χ0v) is 11.1. The van der Waals surface area contributed by atoms with Crippen molar-refractivity contribution in [1.29, 1.82) is 0 Å². The topological polar surface area (TPSA) is 46.9 Å². The molecule has 1 atom stereocenters. The van der Waals surface area contributed by atoms with Crippen LogP contribution in [0.3, 0.4) is 0 Å². The molecule has 18 heavy (non-hydrogen) atoms. The maximum atomic E-state index is 11.7. The Morgan fingerprint density at radius 1 is 1.61 bits per heavy atom. The van der Waals surface area contributed by atoms with Crippen LogP contribution in [0.25, 0.3) is 6.08 Å². The number of aromatic nitrogens is 2. The van der Waals surface area contributed by atoms with E-state index in [1.54, 1.807) is 28.3 Å². The summed E-state index contributed by atoms with van der Waals surface area (Å²) in [5, 5.41) is 8.95. The fourth-order valence-electron chi connectivity index (χ4n) is 1.57. The first kappa shape index (κ1) is 12.6. The molecule has 2 aromatic rings. The molecule has 0 aliphatic rings. The van der Waals surface area contributed by atoms with Crippen molar-refractivity contribution in [3.63, 3.8) is 0 Å². The van der Waals surface area contributed by atoms with Crippen molar-refractivity contribution < 1.29 is 4.79 Å². The van der Waals surface area contributed by atoms with Crippen molar-refractivity contribution in [3.8, 4) is 0 Å². The third kappa shape index (κ3) is 3.30. The predicted octanol–water partition coefficient (Wildman–Crippen LogP) is 2.37. The first-order chi connectivity index (χ1) is 8.65. The molecule has 4 nitrogen and oxygen atoms in total. The molecule has 0 aliphatic heterocycles. The van der Waals surface area contributed by atoms with Gasteiger partial charge in [0.25, 0.3) is 0 Å². The molecule has 5 heteroatoms. The van der Waals surface area contributed by atoms with E-state index < -0.39 is 0 Å². The zero-order chi connectivity index (χ0) is 13.0. The highest BCUT2D eigenvalue weighted by atomic mass is 32.1. The van der Waals surface area contributed by atoms with Crippen LogP contribution in [0, 0.1) is 0 Å². The molecule has 0 saturated carbocycles. The Balaban J connectivity index is 1.91. The van der Waals surface area contributed by atoms with Gasteiger partial charge in [-0.15, -0.1) is 11.3 Å². The first-order valence-corrected chi connectivity index (χ1v) is 6.54. The molecule has 2 rings (SSSR count). The number of aryl methyl sites for hydroxylation is 1. The van der Waals surface area contributed by atoms with E-state index in [-0.39, 0.29) is 11.9 Å². The molecule has 0 aromatic carbocycles. The number of rotatable bonds is 4. The van der Waals surface area contributed by atoms with Gasteiger partial charge in [-0.05, 0) is 24.4 Å². The van der Waals surface area contributed by atoms with E-state index in [4.69, 9.17) is 0 Å². The van der Waals surface area contributed by atoms with Gasteiger partial charge in [-0.25, -0.2) is 0 Å². The minimum atomic E-state index is -0.0975. The highest BCUT2D eigenvalue weighted by molar-refractivity contribution is 7.10. The Bertz CT molecular complexity index is 542. The average molecular weight is 261 g/mol. The van der Waals surface area contributed by atoms with Crippen molar-refractivity contribution in [1.82, 2.24) is 15.1 Å². The van der Waals surface area contributed by atoms with Gasteiger partial charge in [-0.2, -0.15) is 5.10 Å². The minimum absolute atomic E-state index is 0.0380. The van der Waals surface area contributed by atoms with Crippen molar-refractivity contribution in [2.45, 2.75) is 13.0 Å². The number of hydrogen-bond donors (Lipinski definition) is 1. The molecule has 0 bridgehead atoms. The standard InChI is InChI=1S/C13H15N3OS/c1-10(12-4-3-7-18-12)15-13(17)6-5-11-8-14-16(2)9-11/h3-10H,1-2H3,(H,15,17)/b6-5+/t10-/m0/s1. The lowest BCUT2D eigenvalue weighted by Crippen LogP contribution is -2.23. The van der Waals surface area contributed by atoms with Crippen LogP contribution >= 0.6 is 11.3 Å². The normalized spacial score (nSPS) is 12.8. The van der Waals surface area contributed by atoms with Gasteiger partial charge >= 0.3 is 0 Å². The third-order valence-corrected chi connectivity index (χ3v) is 3.54. The van der Waals surface area contributed by atoms with Crippen molar-refractivity contribution >= 4 is 23.3 Å². The van der Waals surface area contributed by atoms with Crippen LogP contribution in [-0.4, -0.2) is 15.7 Å². The molecule has 1 N–H and O–H groups in total. The Morgan fingerprint density at radius 2 is 2.44 bits per heavy atom. The summed E-state index contributed by atoms with van der Waals surface area (Å²) in [7, 11) is 1.84. The van der Waals surface area contributed by atoms with E-state index in [0.29, 0.717) is 0 Å². The number of nitrogens with zero attached hydrogens (tertiary/aromatic N) is 2. The zero-order valence-electron chi connectivity index (χ0n) is 10.3. The maximum absolute atomic E-state index is 11.7. The van der Waals surface area contributed by atoms with Gasteiger partial charge in [-0.1, -0.05) is 6.07 Å². The second-order valence-corrected chi connectivity index (χ2v) is 5.01. The van der Waals surface area contributed by atoms with Crippen molar-refractivity contribution in [2.75, 3.05) is 0 Å². The molecule has 0 radical (unpaired) electrons. The third-order valence-electron chi connectivity index (χ3n) is 2.48. The fourth-order valence-corrected chi connectivity index (χ4v) is 2.30. The molecular formula is C13H15N3OS. The Kier molecular flexibility index (Phi) is 3.94. The number of amides is 1.